The van der Waals surface area contributed by atoms with Crippen molar-refractivity contribution in [3.63, 3.8) is 0 Å². The maximum Gasteiger partial charge on any atom is 0.255 e. The smallest absolute Gasteiger partial charge is 0.255 e. The van der Waals surface area contributed by atoms with Gasteiger partial charge < -0.3 is 24.5 Å². The molecule has 2 fully saturated rings. The number of aliphatic hydroxyl groups is 1. The first kappa shape index (κ1) is 24.5. The molecule has 0 radical (unpaired) electrons. The minimum absolute atomic E-state index is 0.108. The summed E-state index contributed by atoms with van der Waals surface area (Å²) in [5, 5.41) is 18.6. The summed E-state index contributed by atoms with van der Waals surface area (Å²) in [5.41, 5.74) is 2.23. The lowest BCUT2D eigenvalue weighted by atomic mass is 9.81. The van der Waals surface area contributed by atoms with E-state index in [0.717, 1.165) is 23.8 Å². The van der Waals surface area contributed by atoms with Crippen LogP contribution in [0.2, 0.25) is 0 Å². The van der Waals surface area contributed by atoms with Crippen molar-refractivity contribution in [1.82, 2.24) is 19.8 Å². The molecule has 1 saturated carbocycles. The van der Waals surface area contributed by atoms with Gasteiger partial charge in [-0.3, -0.25) is 9.59 Å². The SMILES string of the molecule is Cc1oc2cc(Oc3ccnn4cc(C(=O)N5CC[C@@](C)(O)C5)c(C)c34)ccc2c1C(=O)N[C@H]1CC[C@H]1C. The zero-order valence-corrected chi connectivity index (χ0v) is 22.1. The number of nitrogens with zero attached hydrogens (tertiary/aromatic N) is 3. The molecular formula is C29H32N4O5. The fourth-order valence-electron chi connectivity index (χ4n) is 5.60. The number of hydrogen-bond acceptors (Lipinski definition) is 6. The van der Waals surface area contributed by atoms with Gasteiger partial charge in [0.1, 0.15) is 22.6 Å². The normalized spacial score (nSPS) is 23.1. The molecule has 1 saturated heterocycles. The highest BCUT2D eigenvalue weighted by atomic mass is 16.5. The number of furan rings is 1. The number of nitrogens with one attached hydrogen (secondary N) is 1. The standard InChI is InChI=1S/C29H32N4O5/c1-16-5-8-22(16)31-27(34)25-18(3)37-24-13-19(6-7-20(24)25)38-23-9-11-30-33-14-21(17(2)26(23)33)28(35)32-12-10-29(4,36)15-32/h6-7,9,11,13-14,16,22,36H,5,8,10,12,15H2,1-4H3,(H,31,34)/t16-,22+,29-/m1/s1. The predicted octanol–water partition coefficient (Wildman–Crippen LogP) is 4.61. The van der Waals surface area contributed by atoms with Crippen LogP contribution in [0.4, 0.5) is 0 Å². The van der Waals surface area contributed by atoms with Crippen LogP contribution in [-0.2, 0) is 0 Å². The van der Waals surface area contributed by atoms with Gasteiger partial charge in [0.05, 0.1) is 22.9 Å². The minimum Gasteiger partial charge on any atom is -0.460 e. The summed E-state index contributed by atoms with van der Waals surface area (Å²) in [4.78, 5) is 27.9. The van der Waals surface area contributed by atoms with E-state index in [9.17, 15) is 14.7 Å². The molecule has 2 N–H and O–H groups in total. The Bertz CT molecular complexity index is 1580. The average molecular weight is 517 g/mol. The van der Waals surface area contributed by atoms with Crippen LogP contribution < -0.4 is 10.1 Å². The molecule has 1 aliphatic carbocycles. The monoisotopic (exact) mass is 516 g/mol. The first-order chi connectivity index (χ1) is 18.1. The van der Waals surface area contributed by atoms with Gasteiger partial charge in [0.15, 0.2) is 5.75 Å². The van der Waals surface area contributed by atoms with Crippen molar-refractivity contribution in [3.8, 4) is 11.5 Å². The second-order valence-corrected chi connectivity index (χ2v) is 11.1. The van der Waals surface area contributed by atoms with Gasteiger partial charge in [-0.05, 0) is 63.6 Å². The lowest BCUT2D eigenvalue weighted by molar-refractivity contribution is 0.0572. The largest absolute Gasteiger partial charge is 0.460 e. The summed E-state index contributed by atoms with van der Waals surface area (Å²) in [6.07, 6.45) is 6.02. The number of hydrogen-bond donors (Lipinski definition) is 2. The number of carbonyl (C=O) groups is 2. The van der Waals surface area contributed by atoms with Crippen molar-refractivity contribution in [3.05, 3.63) is 59.1 Å². The molecule has 2 aliphatic rings. The Labute approximate surface area is 220 Å². The number of ether oxygens (including phenoxy) is 1. The van der Waals surface area contributed by atoms with Gasteiger partial charge in [0.25, 0.3) is 11.8 Å². The van der Waals surface area contributed by atoms with E-state index in [1.807, 2.05) is 19.1 Å². The van der Waals surface area contributed by atoms with E-state index in [-0.39, 0.29) is 17.9 Å². The molecule has 1 aromatic carbocycles. The third-order valence-electron chi connectivity index (χ3n) is 8.09. The van der Waals surface area contributed by atoms with E-state index in [0.29, 0.717) is 64.9 Å². The van der Waals surface area contributed by atoms with E-state index in [2.05, 4.69) is 17.3 Å². The Morgan fingerprint density at radius 1 is 1.24 bits per heavy atom. The Hall–Kier alpha value is -3.85. The topological polar surface area (TPSA) is 109 Å². The van der Waals surface area contributed by atoms with Crippen LogP contribution in [0.25, 0.3) is 16.5 Å². The highest BCUT2D eigenvalue weighted by molar-refractivity contribution is 6.07. The molecule has 6 rings (SSSR count). The number of aryl methyl sites for hydroxylation is 2. The Balaban J connectivity index is 1.28. The highest BCUT2D eigenvalue weighted by Gasteiger charge is 2.35. The molecule has 9 heteroatoms. The van der Waals surface area contributed by atoms with Gasteiger partial charge in [-0.15, -0.1) is 0 Å². The third kappa shape index (κ3) is 4.11. The lowest BCUT2D eigenvalue weighted by Gasteiger charge is -2.34. The number of likely N-dealkylation sites (tertiary alicyclic amines) is 1. The van der Waals surface area contributed by atoms with Gasteiger partial charge in [0, 0.05) is 42.8 Å². The second kappa shape index (κ2) is 8.87. The number of rotatable bonds is 5. The first-order valence-electron chi connectivity index (χ1n) is 13.1. The van der Waals surface area contributed by atoms with Crippen LogP contribution in [0, 0.1) is 19.8 Å². The summed E-state index contributed by atoms with van der Waals surface area (Å²) < 4.78 is 13.9. The molecule has 0 spiro atoms. The van der Waals surface area contributed by atoms with Crippen molar-refractivity contribution in [2.75, 3.05) is 13.1 Å². The van der Waals surface area contributed by atoms with Crippen molar-refractivity contribution >= 4 is 28.3 Å². The van der Waals surface area contributed by atoms with Crippen LogP contribution in [-0.4, -0.2) is 56.2 Å². The highest BCUT2D eigenvalue weighted by Crippen LogP contribution is 2.35. The molecule has 38 heavy (non-hydrogen) atoms. The first-order valence-corrected chi connectivity index (χ1v) is 13.1. The molecule has 4 aromatic rings. The number of aromatic nitrogens is 2. The van der Waals surface area contributed by atoms with Crippen LogP contribution in [0.1, 0.15) is 65.1 Å². The molecule has 0 unspecified atom stereocenters. The third-order valence-corrected chi connectivity index (χ3v) is 8.09. The van der Waals surface area contributed by atoms with Gasteiger partial charge in [-0.2, -0.15) is 5.10 Å². The van der Waals surface area contributed by atoms with Crippen molar-refractivity contribution in [1.29, 1.82) is 0 Å². The summed E-state index contributed by atoms with van der Waals surface area (Å²) >= 11 is 0. The molecule has 4 heterocycles. The van der Waals surface area contributed by atoms with E-state index in [1.54, 1.807) is 47.8 Å². The number of fused-ring (bicyclic) bond motifs is 2. The summed E-state index contributed by atoms with van der Waals surface area (Å²) in [6.45, 7) is 8.38. The fourth-order valence-corrected chi connectivity index (χ4v) is 5.60. The zero-order chi connectivity index (χ0) is 26.8. The van der Waals surface area contributed by atoms with Crippen molar-refractivity contribution in [2.24, 2.45) is 5.92 Å². The summed E-state index contributed by atoms with van der Waals surface area (Å²) in [5.74, 6) is 1.91. The van der Waals surface area contributed by atoms with Crippen LogP contribution in [0.3, 0.4) is 0 Å². The van der Waals surface area contributed by atoms with Gasteiger partial charge in [-0.25, -0.2) is 4.52 Å². The van der Waals surface area contributed by atoms with Crippen LogP contribution in [0.15, 0.2) is 41.1 Å². The molecule has 2 amide bonds. The quantitative estimate of drug-likeness (QED) is 0.401. The maximum absolute atomic E-state index is 13.2. The minimum atomic E-state index is -0.867. The van der Waals surface area contributed by atoms with Crippen LogP contribution >= 0.6 is 0 Å². The summed E-state index contributed by atoms with van der Waals surface area (Å²) in [7, 11) is 0. The maximum atomic E-state index is 13.2. The van der Waals surface area contributed by atoms with Crippen molar-refractivity contribution < 1.29 is 23.8 Å². The zero-order valence-electron chi connectivity index (χ0n) is 22.1. The fraction of sp³-hybridized carbons (Fsp3) is 0.414. The number of amides is 2. The molecule has 1 aliphatic heterocycles. The molecule has 9 nitrogen and oxygen atoms in total. The van der Waals surface area contributed by atoms with Crippen molar-refractivity contribution in [2.45, 2.75) is 58.6 Å². The molecular weight excluding hydrogens is 484 g/mol. The van der Waals surface area contributed by atoms with Gasteiger partial charge in [0.2, 0.25) is 0 Å². The number of benzene rings is 1. The number of carbonyl (C=O) groups excluding carboxylic acids is 2. The lowest BCUT2D eigenvalue weighted by Crippen LogP contribution is -2.45. The predicted molar refractivity (Wildman–Crippen MR) is 142 cm³/mol. The summed E-state index contributed by atoms with van der Waals surface area (Å²) in [6, 6.07) is 7.40. The van der Waals surface area contributed by atoms with Crippen LogP contribution in [0.5, 0.6) is 11.5 Å². The Morgan fingerprint density at radius 2 is 2.05 bits per heavy atom. The Morgan fingerprint density at radius 3 is 2.74 bits per heavy atom. The van der Waals surface area contributed by atoms with E-state index >= 15 is 0 Å². The Kier molecular flexibility index (Phi) is 5.72. The number of β-amino-alcohol motifs (C(OH)–C–C–N with tert-alkyl or cyclic N) is 1. The molecule has 3 atom stereocenters. The average Bonchev–Trinajstić information content (AvgIpc) is 3.52. The molecule has 3 aromatic heterocycles. The van der Waals surface area contributed by atoms with Gasteiger partial charge >= 0.3 is 0 Å². The van der Waals surface area contributed by atoms with E-state index < -0.39 is 5.60 Å². The van der Waals surface area contributed by atoms with E-state index in [4.69, 9.17) is 9.15 Å². The second-order valence-electron chi connectivity index (χ2n) is 11.1. The van der Waals surface area contributed by atoms with Gasteiger partial charge in [-0.1, -0.05) is 6.92 Å². The molecule has 198 valence electrons. The van der Waals surface area contributed by atoms with E-state index in [1.165, 1.54) is 0 Å². The molecule has 0 bridgehead atoms.